The van der Waals surface area contributed by atoms with E-state index in [2.05, 4.69) is 22.3 Å². The van der Waals surface area contributed by atoms with Gasteiger partial charge in [0.15, 0.2) is 0 Å². The third-order valence-corrected chi connectivity index (χ3v) is 4.27. The number of carbonyl (C=O) groups excluding carboxylic acids is 2. The van der Waals surface area contributed by atoms with E-state index in [1.165, 1.54) is 5.69 Å². The molecule has 1 aliphatic rings. The number of benzene rings is 2. The Bertz CT molecular complexity index is 758. The molecule has 2 aromatic rings. The minimum absolute atomic E-state index is 0.0928. The van der Waals surface area contributed by atoms with E-state index >= 15 is 0 Å². The van der Waals surface area contributed by atoms with Gasteiger partial charge < -0.3 is 16.0 Å². The molecule has 3 N–H and O–H groups in total. The zero-order valence-electron chi connectivity index (χ0n) is 13.7. The Morgan fingerprint density at radius 3 is 2.54 bits per heavy atom. The molecule has 0 bridgehead atoms. The molecule has 0 saturated carbocycles. The SMILES string of the molecule is Cc1cc(C(N)=O)cc(C(=O)NC2CCN(c3ccccc3)C2)c1. The summed E-state index contributed by atoms with van der Waals surface area (Å²) in [7, 11) is 0. The maximum absolute atomic E-state index is 12.5. The van der Waals surface area contributed by atoms with E-state index < -0.39 is 5.91 Å². The van der Waals surface area contributed by atoms with Gasteiger partial charge in [-0.15, -0.1) is 0 Å². The summed E-state index contributed by atoms with van der Waals surface area (Å²) in [5, 5.41) is 3.06. The molecule has 0 aromatic heterocycles. The Morgan fingerprint density at radius 1 is 1.12 bits per heavy atom. The maximum Gasteiger partial charge on any atom is 0.251 e. The van der Waals surface area contributed by atoms with Crippen LogP contribution in [0.15, 0.2) is 48.5 Å². The number of rotatable bonds is 4. The van der Waals surface area contributed by atoms with Crippen molar-refractivity contribution in [1.82, 2.24) is 5.32 Å². The first-order valence-electron chi connectivity index (χ1n) is 8.05. The topological polar surface area (TPSA) is 75.4 Å². The number of anilines is 1. The van der Waals surface area contributed by atoms with Gasteiger partial charge in [-0.1, -0.05) is 18.2 Å². The molecule has 0 radical (unpaired) electrons. The highest BCUT2D eigenvalue weighted by Gasteiger charge is 2.24. The number of amides is 2. The van der Waals surface area contributed by atoms with Crippen LogP contribution in [-0.2, 0) is 0 Å². The molecule has 1 aliphatic heterocycles. The first-order chi connectivity index (χ1) is 11.5. The molecule has 3 rings (SSSR count). The molecule has 124 valence electrons. The van der Waals surface area contributed by atoms with Crippen molar-refractivity contribution in [3.63, 3.8) is 0 Å². The fourth-order valence-electron chi connectivity index (χ4n) is 3.08. The number of nitrogens with one attached hydrogen (secondary N) is 1. The Kier molecular flexibility index (Phi) is 4.51. The lowest BCUT2D eigenvalue weighted by Crippen LogP contribution is -2.37. The summed E-state index contributed by atoms with van der Waals surface area (Å²) in [5.74, 6) is -0.690. The van der Waals surface area contributed by atoms with Gasteiger partial charge in [0.05, 0.1) is 0 Å². The lowest BCUT2D eigenvalue weighted by atomic mass is 10.1. The van der Waals surface area contributed by atoms with Gasteiger partial charge in [0.1, 0.15) is 0 Å². The summed E-state index contributed by atoms with van der Waals surface area (Å²) in [4.78, 5) is 26.1. The fourth-order valence-corrected chi connectivity index (χ4v) is 3.08. The van der Waals surface area contributed by atoms with Gasteiger partial charge in [-0.3, -0.25) is 9.59 Å². The van der Waals surface area contributed by atoms with Gasteiger partial charge >= 0.3 is 0 Å². The van der Waals surface area contributed by atoms with E-state index in [4.69, 9.17) is 5.73 Å². The zero-order valence-corrected chi connectivity index (χ0v) is 13.7. The van der Waals surface area contributed by atoms with Gasteiger partial charge in [0.25, 0.3) is 5.91 Å². The summed E-state index contributed by atoms with van der Waals surface area (Å²) in [6.45, 7) is 3.54. The number of carbonyl (C=O) groups is 2. The number of nitrogens with two attached hydrogens (primary N) is 1. The summed E-state index contributed by atoms with van der Waals surface area (Å²) in [5.41, 5.74) is 8.16. The highest BCUT2D eigenvalue weighted by Crippen LogP contribution is 2.20. The molecule has 1 heterocycles. The van der Waals surface area contributed by atoms with E-state index in [0.29, 0.717) is 11.1 Å². The molecular weight excluding hydrogens is 302 g/mol. The molecule has 1 saturated heterocycles. The minimum Gasteiger partial charge on any atom is -0.369 e. The number of hydrogen-bond acceptors (Lipinski definition) is 3. The van der Waals surface area contributed by atoms with E-state index in [9.17, 15) is 9.59 Å². The summed E-state index contributed by atoms with van der Waals surface area (Å²) in [6.07, 6.45) is 0.898. The average molecular weight is 323 g/mol. The first kappa shape index (κ1) is 16.1. The van der Waals surface area contributed by atoms with Gasteiger partial charge in [-0.25, -0.2) is 0 Å². The average Bonchev–Trinajstić information content (AvgIpc) is 3.03. The van der Waals surface area contributed by atoms with Crippen LogP contribution < -0.4 is 16.0 Å². The minimum atomic E-state index is -0.524. The third kappa shape index (κ3) is 3.56. The van der Waals surface area contributed by atoms with Crippen LogP contribution in [0, 0.1) is 6.92 Å². The van der Waals surface area contributed by atoms with Crippen LogP contribution in [0.25, 0.3) is 0 Å². The second kappa shape index (κ2) is 6.74. The molecule has 0 aliphatic carbocycles. The smallest absolute Gasteiger partial charge is 0.251 e. The Labute approximate surface area is 141 Å². The monoisotopic (exact) mass is 323 g/mol. The van der Waals surface area contributed by atoms with Crippen molar-refractivity contribution in [2.75, 3.05) is 18.0 Å². The Morgan fingerprint density at radius 2 is 1.83 bits per heavy atom. The third-order valence-electron chi connectivity index (χ3n) is 4.27. The van der Waals surface area contributed by atoms with Crippen LogP contribution in [0.1, 0.15) is 32.7 Å². The predicted molar refractivity (Wildman–Crippen MR) is 94.2 cm³/mol. The van der Waals surface area contributed by atoms with Crippen molar-refractivity contribution >= 4 is 17.5 Å². The number of aryl methyl sites for hydroxylation is 1. The van der Waals surface area contributed by atoms with Crippen molar-refractivity contribution < 1.29 is 9.59 Å². The highest BCUT2D eigenvalue weighted by atomic mass is 16.2. The van der Waals surface area contributed by atoms with Crippen LogP contribution in [0.5, 0.6) is 0 Å². The van der Waals surface area contributed by atoms with Crippen LogP contribution in [-0.4, -0.2) is 30.9 Å². The second-order valence-corrected chi connectivity index (χ2v) is 6.19. The first-order valence-corrected chi connectivity index (χ1v) is 8.05. The zero-order chi connectivity index (χ0) is 17.1. The van der Waals surface area contributed by atoms with E-state index in [0.717, 1.165) is 25.1 Å². The largest absolute Gasteiger partial charge is 0.369 e. The van der Waals surface area contributed by atoms with E-state index in [-0.39, 0.29) is 11.9 Å². The molecule has 2 amide bonds. The van der Waals surface area contributed by atoms with Gasteiger partial charge in [0, 0.05) is 35.9 Å². The molecule has 5 nitrogen and oxygen atoms in total. The predicted octanol–water partition coefficient (Wildman–Crippen LogP) is 2.10. The number of primary amides is 1. The summed E-state index contributed by atoms with van der Waals surface area (Å²) in [6, 6.07) is 15.3. The fraction of sp³-hybridized carbons (Fsp3) is 0.263. The normalized spacial score (nSPS) is 16.9. The molecule has 0 spiro atoms. The van der Waals surface area contributed by atoms with Gasteiger partial charge in [-0.05, 0) is 49.2 Å². The van der Waals surface area contributed by atoms with Crippen molar-refractivity contribution in [2.24, 2.45) is 5.73 Å². The van der Waals surface area contributed by atoms with E-state index in [1.807, 2.05) is 25.1 Å². The molecule has 1 fully saturated rings. The molecule has 5 heteroatoms. The van der Waals surface area contributed by atoms with Crippen LogP contribution in [0.3, 0.4) is 0 Å². The highest BCUT2D eigenvalue weighted by molar-refractivity contribution is 5.99. The van der Waals surface area contributed by atoms with Crippen molar-refractivity contribution in [1.29, 1.82) is 0 Å². The van der Waals surface area contributed by atoms with Crippen molar-refractivity contribution in [3.05, 3.63) is 65.2 Å². The van der Waals surface area contributed by atoms with Crippen LogP contribution in [0.2, 0.25) is 0 Å². The van der Waals surface area contributed by atoms with Crippen LogP contribution >= 0.6 is 0 Å². The maximum atomic E-state index is 12.5. The van der Waals surface area contributed by atoms with Gasteiger partial charge in [-0.2, -0.15) is 0 Å². The number of para-hydroxylation sites is 1. The summed E-state index contributed by atoms with van der Waals surface area (Å²) >= 11 is 0. The standard InChI is InChI=1S/C19H21N3O2/c1-13-9-14(18(20)23)11-15(10-13)19(24)21-16-7-8-22(12-16)17-5-3-2-4-6-17/h2-6,9-11,16H,7-8,12H2,1H3,(H2,20,23)(H,21,24). The summed E-state index contributed by atoms with van der Waals surface area (Å²) < 4.78 is 0. The Balaban J connectivity index is 1.67. The van der Waals surface area contributed by atoms with E-state index in [1.54, 1.807) is 18.2 Å². The molecular formula is C19H21N3O2. The second-order valence-electron chi connectivity index (χ2n) is 6.19. The lowest BCUT2D eigenvalue weighted by molar-refractivity contribution is 0.0940. The molecule has 24 heavy (non-hydrogen) atoms. The van der Waals surface area contributed by atoms with Gasteiger partial charge in [0.2, 0.25) is 5.91 Å². The Hall–Kier alpha value is -2.82. The molecule has 1 unspecified atom stereocenters. The van der Waals surface area contributed by atoms with Crippen molar-refractivity contribution in [2.45, 2.75) is 19.4 Å². The number of hydrogen-bond donors (Lipinski definition) is 2. The van der Waals surface area contributed by atoms with Crippen molar-refractivity contribution in [3.8, 4) is 0 Å². The molecule has 2 aromatic carbocycles. The lowest BCUT2D eigenvalue weighted by Gasteiger charge is -2.19. The van der Waals surface area contributed by atoms with Crippen LogP contribution in [0.4, 0.5) is 5.69 Å². The quantitative estimate of drug-likeness (QED) is 0.905. The number of nitrogens with zero attached hydrogens (tertiary/aromatic N) is 1. The molecule has 1 atom stereocenters.